The summed E-state index contributed by atoms with van der Waals surface area (Å²) in [6, 6.07) is 11.2. The van der Waals surface area contributed by atoms with Gasteiger partial charge in [0.25, 0.3) is 11.1 Å². The number of imide groups is 1. The molecule has 0 saturated carbocycles. The third kappa shape index (κ3) is 5.02. The quantitative estimate of drug-likeness (QED) is 0.608. The molecule has 0 unspecified atom stereocenters. The Labute approximate surface area is 170 Å². The number of hydrogen-bond donors (Lipinski definition) is 3. The summed E-state index contributed by atoms with van der Waals surface area (Å²) in [4.78, 5) is 37.6. The Bertz CT molecular complexity index is 1110. The molecule has 3 amide bonds. The highest BCUT2D eigenvalue weighted by atomic mass is 32.2. The van der Waals surface area contributed by atoms with Gasteiger partial charge >= 0.3 is 0 Å². The van der Waals surface area contributed by atoms with Crippen LogP contribution < -0.4 is 10.5 Å². The van der Waals surface area contributed by atoms with E-state index in [2.05, 4.69) is 5.32 Å². The van der Waals surface area contributed by atoms with E-state index in [9.17, 15) is 27.9 Å². The molecule has 1 heterocycles. The molecule has 1 saturated heterocycles. The molecule has 1 fully saturated rings. The van der Waals surface area contributed by atoms with Crippen LogP contribution in [-0.4, -0.2) is 42.0 Å². The minimum Gasteiger partial charge on any atom is -0.508 e. The van der Waals surface area contributed by atoms with Gasteiger partial charge in [-0.1, -0.05) is 12.1 Å². The molecule has 1 aliphatic heterocycles. The molecule has 2 aromatic carbocycles. The fourth-order valence-corrected chi connectivity index (χ4v) is 3.78. The summed E-state index contributed by atoms with van der Waals surface area (Å²) in [6.07, 6.45) is 1.49. The number of hydrogen-bond acceptors (Lipinski definition) is 7. The predicted molar refractivity (Wildman–Crippen MR) is 107 cm³/mol. The zero-order valence-electron chi connectivity index (χ0n) is 14.7. The molecule has 4 N–H and O–H groups in total. The molecular formula is C18H15N3O6S2. The summed E-state index contributed by atoms with van der Waals surface area (Å²) in [6.45, 7) is -0.492. The molecule has 29 heavy (non-hydrogen) atoms. The van der Waals surface area contributed by atoms with Gasteiger partial charge in [0.1, 0.15) is 12.3 Å². The van der Waals surface area contributed by atoms with Crippen LogP contribution in [0.25, 0.3) is 6.08 Å². The lowest BCUT2D eigenvalue weighted by atomic mass is 10.2. The van der Waals surface area contributed by atoms with Crippen LogP contribution in [0.15, 0.2) is 58.3 Å². The van der Waals surface area contributed by atoms with Gasteiger partial charge in [0.15, 0.2) is 0 Å². The topological polar surface area (TPSA) is 147 Å². The fraction of sp³-hybridized carbons (Fsp3) is 0.0556. The molecule has 9 nitrogen and oxygen atoms in total. The van der Waals surface area contributed by atoms with Gasteiger partial charge in [-0.3, -0.25) is 19.3 Å². The van der Waals surface area contributed by atoms with Gasteiger partial charge in [0.05, 0.1) is 9.80 Å². The SMILES string of the molecule is NS(=O)(=O)c1ccc(NC(=O)CN2C(=O)S/C(=C\c3ccc(O)cc3)C2=O)cc1. The number of sulfonamides is 1. The number of carbonyl (C=O) groups excluding carboxylic acids is 3. The minimum atomic E-state index is -3.85. The smallest absolute Gasteiger partial charge is 0.294 e. The number of primary sulfonamides is 1. The Balaban J connectivity index is 1.66. The van der Waals surface area contributed by atoms with E-state index in [1.807, 2.05) is 0 Å². The minimum absolute atomic E-state index is 0.0732. The molecular weight excluding hydrogens is 418 g/mol. The van der Waals surface area contributed by atoms with Crippen LogP contribution in [0.2, 0.25) is 0 Å². The monoisotopic (exact) mass is 433 g/mol. The summed E-state index contributed by atoms with van der Waals surface area (Å²) in [5.41, 5.74) is 0.904. The Morgan fingerprint density at radius 3 is 2.31 bits per heavy atom. The van der Waals surface area contributed by atoms with E-state index in [4.69, 9.17) is 5.14 Å². The van der Waals surface area contributed by atoms with Gasteiger partial charge in [-0.25, -0.2) is 13.6 Å². The molecule has 3 rings (SSSR count). The first-order chi connectivity index (χ1) is 13.6. The second-order valence-corrected chi connectivity index (χ2v) is 8.53. The van der Waals surface area contributed by atoms with Crippen LogP contribution in [0.5, 0.6) is 5.75 Å². The number of carbonyl (C=O) groups is 3. The maximum absolute atomic E-state index is 12.4. The van der Waals surface area contributed by atoms with Crippen LogP contribution >= 0.6 is 11.8 Å². The number of phenols is 1. The number of aromatic hydroxyl groups is 1. The number of rotatable bonds is 5. The zero-order valence-corrected chi connectivity index (χ0v) is 16.4. The first kappa shape index (κ1) is 20.6. The standard InChI is InChI=1S/C18H15N3O6S2/c19-29(26,27)14-7-3-12(4-8-14)20-16(23)10-21-17(24)15(28-18(21)25)9-11-1-5-13(22)6-2-11/h1-9,22H,10H2,(H,20,23)(H2,19,26,27)/b15-9-. The molecule has 11 heteroatoms. The summed E-state index contributed by atoms with van der Waals surface area (Å²) < 4.78 is 22.5. The summed E-state index contributed by atoms with van der Waals surface area (Å²) in [7, 11) is -3.85. The molecule has 0 atom stereocenters. The molecule has 0 spiro atoms. The van der Waals surface area contributed by atoms with Crippen molar-refractivity contribution in [1.82, 2.24) is 4.90 Å². The predicted octanol–water partition coefficient (Wildman–Crippen LogP) is 1.71. The van der Waals surface area contributed by atoms with Crippen molar-refractivity contribution in [1.29, 1.82) is 0 Å². The van der Waals surface area contributed by atoms with E-state index in [0.717, 1.165) is 4.90 Å². The number of phenolic OH excluding ortho intramolecular Hbond substituents is 1. The molecule has 150 valence electrons. The Morgan fingerprint density at radius 1 is 1.10 bits per heavy atom. The van der Waals surface area contributed by atoms with Gasteiger partial charge in [0.2, 0.25) is 15.9 Å². The van der Waals surface area contributed by atoms with Crippen molar-refractivity contribution in [3.63, 3.8) is 0 Å². The third-order valence-corrected chi connectivity index (χ3v) is 5.67. The van der Waals surface area contributed by atoms with Crippen LogP contribution in [0.1, 0.15) is 5.56 Å². The average molecular weight is 433 g/mol. The first-order valence-electron chi connectivity index (χ1n) is 8.10. The van der Waals surface area contributed by atoms with Crippen LogP contribution in [-0.2, 0) is 19.6 Å². The van der Waals surface area contributed by atoms with Crippen molar-refractivity contribution >= 4 is 50.6 Å². The van der Waals surface area contributed by atoms with Crippen molar-refractivity contribution in [3.8, 4) is 5.75 Å². The largest absolute Gasteiger partial charge is 0.508 e. The van der Waals surface area contributed by atoms with E-state index in [1.165, 1.54) is 42.5 Å². The van der Waals surface area contributed by atoms with E-state index >= 15 is 0 Å². The molecule has 1 aliphatic rings. The highest BCUT2D eigenvalue weighted by Gasteiger charge is 2.36. The zero-order chi connectivity index (χ0) is 21.2. The van der Waals surface area contributed by atoms with Crippen LogP contribution in [0.4, 0.5) is 10.5 Å². The summed E-state index contributed by atoms with van der Waals surface area (Å²) >= 11 is 0.709. The number of nitrogens with zero attached hydrogens (tertiary/aromatic N) is 1. The lowest BCUT2D eigenvalue weighted by Crippen LogP contribution is -2.36. The maximum atomic E-state index is 12.4. The van der Waals surface area contributed by atoms with Crippen molar-refractivity contribution in [2.24, 2.45) is 5.14 Å². The first-order valence-corrected chi connectivity index (χ1v) is 10.5. The second kappa shape index (κ2) is 8.07. The van der Waals surface area contributed by atoms with Crippen LogP contribution in [0, 0.1) is 0 Å². The number of amides is 3. The summed E-state index contributed by atoms with van der Waals surface area (Å²) in [5, 5.41) is 16.2. The Morgan fingerprint density at radius 2 is 1.72 bits per heavy atom. The number of thioether (sulfide) groups is 1. The van der Waals surface area contributed by atoms with E-state index in [1.54, 1.807) is 12.1 Å². The van der Waals surface area contributed by atoms with Crippen LogP contribution in [0.3, 0.4) is 0 Å². The van der Waals surface area contributed by atoms with Gasteiger partial charge in [-0.2, -0.15) is 0 Å². The Hall–Kier alpha value is -3.15. The molecule has 2 aromatic rings. The van der Waals surface area contributed by atoms with Gasteiger partial charge < -0.3 is 10.4 Å². The lowest BCUT2D eigenvalue weighted by Gasteiger charge is -2.12. The van der Waals surface area contributed by atoms with Gasteiger partial charge in [-0.15, -0.1) is 0 Å². The highest BCUT2D eigenvalue weighted by Crippen LogP contribution is 2.32. The molecule has 0 bridgehead atoms. The molecule has 0 aliphatic carbocycles. The Kier molecular flexibility index (Phi) is 5.73. The van der Waals surface area contributed by atoms with E-state index in [-0.39, 0.29) is 21.2 Å². The van der Waals surface area contributed by atoms with E-state index < -0.39 is 33.6 Å². The van der Waals surface area contributed by atoms with Crippen molar-refractivity contribution < 1.29 is 27.9 Å². The van der Waals surface area contributed by atoms with Gasteiger partial charge in [0, 0.05) is 5.69 Å². The normalized spacial score (nSPS) is 15.8. The number of nitrogens with one attached hydrogen (secondary N) is 1. The van der Waals surface area contributed by atoms with E-state index in [0.29, 0.717) is 17.3 Å². The third-order valence-electron chi connectivity index (χ3n) is 3.83. The second-order valence-electron chi connectivity index (χ2n) is 5.98. The maximum Gasteiger partial charge on any atom is 0.294 e. The highest BCUT2D eigenvalue weighted by molar-refractivity contribution is 8.18. The van der Waals surface area contributed by atoms with Crippen molar-refractivity contribution in [3.05, 3.63) is 59.0 Å². The summed E-state index contributed by atoms with van der Waals surface area (Å²) in [5.74, 6) is -1.15. The van der Waals surface area contributed by atoms with Crippen molar-refractivity contribution in [2.75, 3.05) is 11.9 Å². The number of anilines is 1. The molecule has 0 aromatic heterocycles. The van der Waals surface area contributed by atoms with Crippen molar-refractivity contribution in [2.45, 2.75) is 4.90 Å². The number of benzene rings is 2. The lowest BCUT2D eigenvalue weighted by molar-refractivity contribution is -0.127. The average Bonchev–Trinajstić information content (AvgIpc) is 2.91. The number of nitrogens with two attached hydrogens (primary N) is 1. The fourth-order valence-electron chi connectivity index (χ4n) is 2.43. The van der Waals surface area contributed by atoms with Gasteiger partial charge in [-0.05, 0) is 59.8 Å². The molecule has 0 radical (unpaired) electrons.